The van der Waals surface area contributed by atoms with Crippen LogP contribution >= 0.6 is 0 Å². The molecule has 0 bridgehead atoms. The molecule has 0 N–H and O–H groups in total. The van der Waals surface area contributed by atoms with E-state index in [0.717, 1.165) is 18.5 Å². The van der Waals surface area contributed by atoms with Crippen molar-refractivity contribution in [3.05, 3.63) is 23.8 Å². The van der Waals surface area contributed by atoms with Gasteiger partial charge in [0.2, 0.25) is 5.91 Å². The summed E-state index contributed by atoms with van der Waals surface area (Å²) in [6.45, 7) is 6.74. The van der Waals surface area contributed by atoms with Gasteiger partial charge in [-0.25, -0.2) is 0 Å². The molecule has 2 rings (SSSR count). The van der Waals surface area contributed by atoms with Gasteiger partial charge < -0.3 is 4.90 Å². The molecule has 0 aromatic heterocycles. The monoisotopic (exact) mass is 163 g/mol. The van der Waals surface area contributed by atoms with Gasteiger partial charge in [0.1, 0.15) is 0 Å². The summed E-state index contributed by atoms with van der Waals surface area (Å²) in [5.74, 6) is 0.282. The molecule has 0 radical (unpaired) electrons. The number of hydrogen-bond acceptors (Lipinski definition) is 1. The van der Waals surface area contributed by atoms with Crippen LogP contribution in [0.1, 0.15) is 19.8 Å². The van der Waals surface area contributed by atoms with Gasteiger partial charge in [0.05, 0.1) is 6.04 Å². The molecule has 2 aliphatic heterocycles. The van der Waals surface area contributed by atoms with Gasteiger partial charge in [-0.1, -0.05) is 12.7 Å². The molecule has 1 saturated heterocycles. The molecule has 0 aliphatic carbocycles. The summed E-state index contributed by atoms with van der Waals surface area (Å²) in [6.07, 6.45) is 3.86. The Hall–Kier alpha value is -1.05. The van der Waals surface area contributed by atoms with E-state index in [2.05, 4.69) is 19.6 Å². The van der Waals surface area contributed by atoms with Crippen molar-refractivity contribution >= 4 is 5.91 Å². The average molecular weight is 163 g/mol. The highest BCUT2D eigenvalue weighted by molar-refractivity contribution is 5.80. The highest BCUT2D eigenvalue weighted by Crippen LogP contribution is 2.28. The smallest absolute Gasteiger partial charge is 0.223 e. The number of hydrogen-bond donors (Lipinski definition) is 0. The van der Waals surface area contributed by atoms with E-state index in [1.165, 1.54) is 5.57 Å². The van der Waals surface area contributed by atoms with Gasteiger partial charge in [-0.3, -0.25) is 4.79 Å². The van der Waals surface area contributed by atoms with E-state index in [1.54, 1.807) is 0 Å². The zero-order valence-corrected chi connectivity index (χ0v) is 7.34. The highest BCUT2D eigenvalue weighted by atomic mass is 16.2. The lowest BCUT2D eigenvalue weighted by atomic mass is 10.0. The third-order valence-electron chi connectivity index (χ3n) is 2.74. The Labute approximate surface area is 72.6 Å². The first kappa shape index (κ1) is 7.59. The Balaban J connectivity index is 2.29. The van der Waals surface area contributed by atoms with E-state index in [9.17, 15) is 4.79 Å². The van der Waals surface area contributed by atoms with Crippen molar-refractivity contribution in [1.82, 2.24) is 4.90 Å². The van der Waals surface area contributed by atoms with Crippen LogP contribution in [0.4, 0.5) is 0 Å². The summed E-state index contributed by atoms with van der Waals surface area (Å²) < 4.78 is 0. The van der Waals surface area contributed by atoms with E-state index < -0.39 is 0 Å². The molecule has 0 aromatic carbocycles. The SMILES string of the molecule is C=C1CN2C(=O)CC[C@H]2C=C1C. The first-order chi connectivity index (χ1) is 5.68. The minimum atomic E-state index is 0.282. The number of nitrogens with zero attached hydrogens (tertiary/aromatic N) is 1. The Kier molecular flexibility index (Phi) is 1.56. The minimum absolute atomic E-state index is 0.282. The van der Waals surface area contributed by atoms with Crippen molar-refractivity contribution in [1.29, 1.82) is 0 Å². The molecule has 1 fully saturated rings. The standard InChI is InChI=1S/C10H13NO/c1-7-5-9-3-4-10(12)11(9)6-8(7)2/h5,9H,2-4,6H2,1H3/t9-/m0/s1. The summed E-state index contributed by atoms with van der Waals surface area (Å²) in [6, 6.07) is 0.364. The molecular formula is C10H13NO. The van der Waals surface area contributed by atoms with Crippen molar-refractivity contribution in [2.24, 2.45) is 0 Å². The van der Waals surface area contributed by atoms with E-state index in [-0.39, 0.29) is 5.91 Å². The van der Waals surface area contributed by atoms with E-state index in [1.807, 2.05) is 4.90 Å². The predicted octanol–water partition coefficient (Wildman–Crippen LogP) is 1.49. The van der Waals surface area contributed by atoms with E-state index in [0.29, 0.717) is 12.5 Å². The molecule has 0 aromatic rings. The third kappa shape index (κ3) is 0.986. The van der Waals surface area contributed by atoms with Gasteiger partial charge in [0, 0.05) is 13.0 Å². The van der Waals surface area contributed by atoms with Gasteiger partial charge in [0.15, 0.2) is 0 Å². The van der Waals surface area contributed by atoms with Crippen molar-refractivity contribution in [3.63, 3.8) is 0 Å². The molecule has 2 aliphatic rings. The fraction of sp³-hybridized carbons (Fsp3) is 0.500. The maximum atomic E-state index is 11.3. The van der Waals surface area contributed by atoms with Crippen molar-refractivity contribution in [2.75, 3.05) is 6.54 Å². The number of carbonyl (C=O) groups excluding carboxylic acids is 1. The maximum Gasteiger partial charge on any atom is 0.223 e. The second kappa shape index (κ2) is 2.47. The Morgan fingerprint density at radius 2 is 2.42 bits per heavy atom. The molecule has 64 valence electrons. The molecule has 1 amide bonds. The molecule has 2 nitrogen and oxygen atoms in total. The molecule has 0 unspecified atom stereocenters. The van der Waals surface area contributed by atoms with Crippen LogP contribution in [0.3, 0.4) is 0 Å². The summed E-state index contributed by atoms with van der Waals surface area (Å²) in [5.41, 5.74) is 2.34. The van der Waals surface area contributed by atoms with Crippen LogP contribution in [0.2, 0.25) is 0 Å². The number of carbonyl (C=O) groups is 1. The number of rotatable bonds is 0. The Bertz CT molecular complexity index is 278. The lowest BCUT2D eigenvalue weighted by Crippen LogP contribution is -2.36. The fourth-order valence-electron chi connectivity index (χ4n) is 1.87. The number of fused-ring (bicyclic) bond motifs is 1. The minimum Gasteiger partial charge on any atom is -0.332 e. The van der Waals surface area contributed by atoms with Crippen LogP contribution < -0.4 is 0 Å². The molecule has 0 spiro atoms. The lowest BCUT2D eigenvalue weighted by Gasteiger charge is -2.29. The van der Waals surface area contributed by atoms with Crippen molar-refractivity contribution in [2.45, 2.75) is 25.8 Å². The zero-order valence-electron chi connectivity index (χ0n) is 7.34. The van der Waals surface area contributed by atoms with E-state index in [4.69, 9.17) is 0 Å². The van der Waals surface area contributed by atoms with Gasteiger partial charge in [0.25, 0.3) is 0 Å². The maximum absolute atomic E-state index is 11.3. The molecule has 2 heterocycles. The predicted molar refractivity (Wildman–Crippen MR) is 47.6 cm³/mol. The highest BCUT2D eigenvalue weighted by Gasteiger charge is 2.32. The van der Waals surface area contributed by atoms with Gasteiger partial charge in [-0.2, -0.15) is 0 Å². The molecule has 1 atom stereocenters. The molecule has 0 saturated carbocycles. The van der Waals surface area contributed by atoms with Gasteiger partial charge in [-0.15, -0.1) is 0 Å². The largest absolute Gasteiger partial charge is 0.332 e. The topological polar surface area (TPSA) is 20.3 Å². The fourth-order valence-corrected chi connectivity index (χ4v) is 1.87. The van der Waals surface area contributed by atoms with Crippen LogP contribution in [0.25, 0.3) is 0 Å². The van der Waals surface area contributed by atoms with Crippen LogP contribution in [0, 0.1) is 0 Å². The van der Waals surface area contributed by atoms with Crippen molar-refractivity contribution in [3.8, 4) is 0 Å². The van der Waals surface area contributed by atoms with Crippen LogP contribution in [0.15, 0.2) is 23.8 Å². The van der Waals surface area contributed by atoms with E-state index >= 15 is 0 Å². The average Bonchev–Trinajstić information content (AvgIpc) is 2.35. The third-order valence-corrected chi connectivity index (χ3v) is 2.74. The zero-order chi connectivity index (χ0) is 8.72. The quantitative estimate of drug-likeness (QED) is 0.530. The second-order valence-electron chi connectivity index (χ2n) is 3.58. The normalized spacial score (nSPS) is 28.9. The van der Waals surface area contributed by atoms with Crippen LogP contribution in [0.5, 0.6) is 0 Å². The summed E-state index contributed by atoms with van der Waals surface area (Å²) in [4.78, 5) is 13.2. The molecule has 2 heteroatoms. The molecule has 12 heavy (non-hydrogen) atoms. The van der Waals surface area contributed by atoms with Crippen LogP contribution in [-0.2, 0) is 4.79 Å². The lowest BCUT2D eigenvalue weighted by molar-refractivity contribution is -0.128. The summed E-state index contributed by atoms with van der Waals surface area (Å²) in [5, 5.41) is 0. The Morgan fingerprint density at radius 3 is 3.17 bits per heavy atom. The second-order valence-corrected chi connectivity index (χ2v) is 3.58. The van der Waals surface area contributed by atoms with Crippen LogP contribution in [-0.4, -0.2) is 23.4 Å². The first-order valence-corrected chi connectivity index (χ1v) is 4.34. The Morgan fingerprint density at radius 1 is 1.67 bits per heavy atom. The number of amides is 1. The summed E-state index contributed by atoms with van der Waals surface area (Å²) in [7, 11) is 0. The first-order valence-electron chi connectivity index (χ1n) is 4.34. The van der Waals surface area contributed by atoms with Gasteiger partial charge in [-0.05, 0) is 24.5 Å². The van der Waals surface area contributed by atoms with Crippen molar-refractivity contribution < 1.29 is 4.79 Å². The van der Waals surface area contributed by atoms with Gasteiger partial charge >= 0.3 is 0 Å². The molecular weight excluding hydrogens is 150 g/mol. The summed E-state index contributed by atoms with van der Waals surface area (Å²) >= 11 is 0.